The maximum Gasteiger partial charge on any atom is 0.320 e. The van der Waals surface area contributed by atoms with Crippen LogP contribution < -0.4 is 0 Å². The Hall–Kier alpha value is -0.680. The molecule has 0 radical (unpaired) electrons. The Morgan fingerprint density at radius 1 is 1.29 bits per heavy atom. The zero-order valence-corrected chi connectivity index (χ0v) is 9.40. The van der Waals surface area contributed by atoms with Gasteiger partial charge in [0.15, 0.2) is 0 Å². The topological polar surface area (TPSA) is 26.3 Å². The van der Waals surface area contributed by atoms with E-state index in [0.29, 0.717) is 6.61 Å². The molecule has 0 N–H and O–H groups in total. The van der Waals surface area contributed by atoms with Crippen molar-refractivity contribution in [1.82, 2.24) is 0 Å². The van der Waals surface area contributed by atoms with E-state index in [1.54, 1.807) is 0 Å². The predicted octanol–water partition coefficient (Wildman–Crippen LogP) is 2.74. The third kappa shape index (κ3) is 9.41. The van der Waals surface area contributed by atoms with Crippen LogP contribution in [0.15, 0.2) is 0 Å². The number of hydrogen-bond acceptors (Lipinski definition) is 2. The quantitative estimate of drug-likeness (QED) is 0.283. The third-order valence-electron chi connectivity index (χ3n) is 1.75. The van der Waals surface area contributed by atoms with E-state index in [-0.39, 0.29) is 11.8 Å². The number of unbranched alkanes of at least 4 members (excludes halogenated alkanes) is 4. The first-order valence-electron chi connectivity index (χ1n) is 4.92. The van der Waals surface area contributed by atoms with Crippen LogP contribution >= 0.6 is 11.6 Å². The number of esters is 1. The van der Waals surface area contributed by atoms with Gasteiger partial charge in [-0.1, -0.05) is 12.8 Å². The number of halogens is 1. The molecule has 0 fully saturated rings. The molecule has 0 aromatic carbocycles. The minimum Gasteiger partial charge on any atom is -0.465 e. The average Bonchev–Trinajstić information content (AvgIpc) is 2.21. The van der Waals surface area contributed by atoms with Gasteiger partial charge in [-0.3, -0.25) is 4.79 Å². The Labute approximate surface area is 91.0 Å². The summed E-state index contributed by atoms with van der Waals surface area (Å²) in [5.74, 6) is 5.49. The molecule has 0 saturated carbocycles. The highest BCUT2D eigenvalue weighted by Gasteiger charge is 1.97. The first-order chi connectivity index (χ1) is 6.81. The first kappa shape index (κ1) is 13.3. The summed E-state index contributed by atoms with van der Waals surface area (Å²) in [7, 11) is 0. The van der Waals surface area contributed by atoms with E-state index in [1.165, 1.54) is 0 Å². The lowest BCUT2D eigenvalue weighted by atomic mass is 10.1. The van der Waals surface area contributed by atoms with E-state index < -0.39 is 0 Å². The van der Waals surface area contributed by atoms with Gasteiger partial charge in [0.1, 0.15) is 5.88 Å². The summed E-state index contributed by atoms with van der Waals surface area (Å²) in [5.41, 5.74) is 0. The number of rotatable bonds is 7. The molecule has 0 amide bonds. The van der Waals surface area contributed by atoms with Crippen molar-refractivity contribution in [2.45, 2.75) is 39.0 Å². The molecule has 0 aliphatic carbocycles. The molecular weight excluding hydrogens is 200 g/mol. The van der Waals surface area contributed by atoms with Crippen LogP contribution in [-0.4, -0.2) is 18.5 Å². The molecule has 0 aromatic rings. The fourth-order valence-electron chi connectivity index (χ4n) is 1.02. The minimum absolute atomic E-state index is 0.0495. The van der Waals surface area contributed by atoms with Gasteiger partial charge >= 0.3 is 5.97 Å². The molecule has 0 aliphatic rings. The van der Waals surface area contributed by atoms with E-state index in [0.717, 1.165) is 32.1 Å². The van der Waals surface area contributed by atoms with Gasteiger partial charge in [0.2, 0.25) is 0 Å². The fraction of sp³-hybridized carbons (Fsp3) is 0.727. The number of carbonyl (C=O) groups is 1. The summed E-state index contributed by atoms with van der Waals surface area (Å²) in [6.45, 7) is 2.34. The van der Waals surface area contributed by atoms with Crippen LogP contribution in [0.2, 0.25) is 0 Å². The second kappa shape index (κ2) is 10.4. The van der Waals surface area contributed by atoms with Crippen LogP contribution in [0.25, 0.3) is 0 Å². The minimum atomic E-state index is -0.330. The molecule has 0 unspecified atom stereocenters. The molecule has 0 rings (SSSR count). The Morgan fingerprint density at radius 3 is 2.64 bits per heavy atom. The molecule has 0 atom stereocenters. The van der Waals surface area contributed by atoms with E-state index in [2.05, 4.69) is 11.8 Å². The summed E-state index contributed by atoms with van der Waals surface area (Å²) in [6.07, 6.45) is 5.25. The molecule has 80 valence electrons. The first-order valence-corrected chi connectivity index (χ1v) is 5.46. The maximum atomic E-state index is 10.6. The fourth-order valence-corrected chi connectivity index (χ4v) is 1.10. The molecule has 0 aliphatic heterocycles. The van der Waals surface area contributed by atoms with E-state index >= 15 is 0 Å². The summed E-state index contributed by atoms with van der Waals surface area (Å²) < 4.78 is 4.82. The SMILES string of the molecule is CC#CCCCCCCOC(=O)CCl. The molecule has 2 nitrogen and oxygen atoms in total. The van der Waals surface area contributed by atoms with Gasteiger partial charge in [0, 0.05) is 6.42 Å². The normalized spacial score (nSPS) is 9.00. The summed E-state index contributed by atoms with van der Waals surface area (Å²) in [6, 6.07) is 0. The van der Waals surface area contributed by atoms with Crippen molar-refractivity contribution in [2.24, 2.45) is 0 Å². The smallest absolute Gasteiger partial charge is 0.320 e. The van der Waals surface area contributed by atoms with Crippen LogP contribution in [0.4, 0.5) is 0 Å². The number of alkyl halides is 1. The largest absolute Gasteiger partial charge is 0.465 e. The van der Waals surface area contributed by atoms with Crippen LogP contribution in [-0.2, 0) is 9.53 Å². The van der Waals surface area contributed by atoms with Crippen molar-refractivity contribution in [3.05, 3.63) is 0 Å². The Balaban J connectivity index is 3.05. The van der Waals surface area contributed by atoms with Crippen molar-refractivity contribution in [2.75, 3.05) is 12.5 Å². The van der Waals surface area contributed by atoms with Gasteiger partial charge in [-0.25, -0.2) is 0 Å². The van der Waals surface area contributed by atoms with E-state index in [9.17, 15) is 4.79 Å². The number of hydrogen-bond donors (Lipinski definition) is 0. The molecule has 0 spiro atoms. The molecular formula is C11H17ClO2. The Kier molecular flexibility index (Phi) is 9.90. The molecule has 0 heterocycles. The molecule has 0 aromatic heterocycles. The standard InChI is InChI=1S/C11H17ClO2/c1-2-3-4-5-6-7-8-9-14-11(13)10-12/h4-10H2,1H3. The highest BCUT2D eigenvalue weighted by molar-refractivity contribution is 6.26. The van der Waals surface area contributed by atoms with Crippen LogP contribution in [0.3, 0.4) is 0 Å². The second-order valence-electron chi connectivity index (χ2n) is 2.95. The van der Waals surface area contributed by atoms with Crippen LogP contribution in [0.5, 0.6) is 0 Å². The van der Waals surface area contributed by atoms with Gasteiger partial charge in [-0.2, -0.15) is 0 Å². The van der Waals surface area contributed by atoms with E-state index in [1.807, 2.05) is 6.92 Å². The van der Waals surface area contributed by atoms with Gasteiger partial charge < -0.3 is 4.74 Å². The summed E-state index contributed by atoms with van der Waals surface area (Å²) in [4.78, 5) is 10.6. The molecule has 14 heavy (non-hydrogen) atoms. The lowest BCUT2D eigenvalue weighted by Gasteiger charge is -2.01. The lowest BCUT2D eigenvalue weighted by Crippen LogP contribution is -2.06. The van der Waals surface area contributed by atoms with Gasteiger partial charge in [-0.15, -0.1) is 23.4 Å². The monoisotopic (exact) mass is 216 g/mol. The average molecular weight is 217 g/mol. The predicted molar refractivity (Wildman–Crippen MR) is 58.2 cm³/mol. The van der Waals surface area contributed by atoms with Gasteiger partial charge in [0.25, 0.3) is 0 Å². The van der Waals surface area contributed by atoms with Crippen molar-refractivity contribution < 1.29 is 9.53 Å². The Morgan fingerprint density at radius 2 is 2.00 bits per heavy atom. The third-order valence-corrected chi connectivity index (χ3v) is 1.96. The van der Waals surface area contributed by atoms with Gasteiger partial charge in [-0.05, 0) is 19.8 Å². The number of ether oxygens (including phenoxy) is 1. The van der Waals surface area contributed by atoms with Crippen molar-refractivity contribution in [1.29, 1.82) is 0 Å². The zero-order chi connectivity index (χ0) is 10.6. The van der Waals surface area contributed by atoms with Crippen LogP contribution in [0, 0.1) is 11.8 Å². The van der Waals surface area contributed by atoms with Gasteiger partial charge in [0.05, 0.1) is 6.61 Å². The van der Waals surface area contributed by atoms with Crippen molar-refractivity contribution in [3.63, 3.8) is 0 Å². The number of carbonyl (C=O) groups excluding carboxylic acids is 1. The highest BCUT2D eigenvalue weighted by atomic mass is 35.5. The Bertz CT molecular complexity index is 203. The molecule has 3 heteroatoms. The van der Waals surface area contributed by atoms with Crippen LogP contribution in [0.1, 0.15) is 39.0 Å². The zero-order valence-electron chi connectivity index (χ0n) is 8.64. The highest BCUT2D eigenvalue weighted by Crippen LogP contribution is 2.02. The summed E-state index contributed by atoms with van der Waals surface area (Å²) in [5, 5.41) is 0. The second-order valence-corrected chi connectivity index (χ2v) is 3.21. The summed E-state index contributed by atoms with van der Waals surface area (Å²) >= 11 is 5.26. The lowest BCUT2D eigenvalue weighted by molar-refractivity contribution is -0.140. The molecule has 0 bridgehead atoms. The van der Waals surface area contributed by atoms with E-state index in [4.69, 9.17) is 16.3 Å². The molecule has 0 saturated heterocycles. The maximum absolute atomic E-state index is 10.6. The van der Waals surface area contributed by atoms with Crippen molar-refractivity contribution >= 4 is 17.6 Å². The van der Waals surface area contributed by atoms with Crippen molar-refractivity contribution in [3.8, 4) is 11.8 Å².